The molecular formula is C23H27FO2. The quantitative estimate of drug-likeness (QED) is 0.777. The number of rotatable bonds is 4. The maximum atomic E-state index is 13.5. The normalized spacial score (nSPS) is 18.8. The van der Waals surface area contributed by atoms with E-state index in [2.05, 4.69) is 39.8 Å². The van der Waals surface area contributed by atoms with E-state index in [-0.39, 0.29) is 23.1 Å². The largest absolute Gasteiger partial charge is 0.481 e. The van der Waals surface area contributed by atoms with Crippen molar-refractivity contribution in [3.8, 4) is 0 Å². The number of hydrogen-bond acceptors (Lipinski definition) is 1. The van der Waals surface area contributed by atoms with Gasteiger partial charge in [0.15, 0.2) is 0 Å². The minimum Gasteiger partial charge on any atom is -0.481 e. The number of carbonyl (C=O) groups is 1. The summed E-state index contributed by atoms with van der Waals surface area (Å²) in [6.45, 7) is 8.96. The summed E-state index contributed by atoms with van der Waals surface area (Å²) in [4.78, 5) is 12.0. The summed E-state index contributed by atoms with van der Waals surface area (Å²) in [7, 11) is 0. The molecule has 0 saturated heterocycles. The second-order valence-electron chi connectivity index (χ2n) is 8.80. The van der Waals surface area contributed by atoms with E-state index in [0.717, 1.165) is 18.4 Å². The van der Waals surface area contributed by atoms with Crippen LogP contribution in [0.1, 0.15) is 68.7 Å². The Balaban J connectivity index is 2.02. The van der Waals surface area contributed by atoms with Crippen LogP contribution < -0.4 is 0 Å². The molecule has 0 spiro atoms. The Morgan fingerprint density at radius 1 is 1.04 bits per heavy atom. The Morgan fingerprint density at radius 3 is 2.31 bits per heavy atom. The molecule has 3 heteroatoms. The summed E-state index contributed by atoms with van der Waals surface area (Å²) >= 11 is 0. The van der Waals surface area contributed by atoms with E-state index >= 15 is 0 Å². The Labute approximate surface area is 155 Å². The van der Waals surface area contributed by atoms with Gasteiger partial charge in [-0.05, 0) is 64.5 Å². The summed E-state index contributed by atoms with van der Waals surface area (Å²) in [5, 5.41) is 9.80. The van der Waals surface area contributed by atoms with Gasteiger partial charge in [-0.15, -0.1) is 0 Å². The van der Waals surface area contributed by atoms with Crippen LogP contribution in [0.4, 0.5) is 4.39 Å². The molecule has 1 aliphatic carbocycles. The van der Waals surface area contributed by atoms with Crippen molar-refractivity contribution in [2.24, 2.45) is 0 Å². The molecule has 1 N–H and O–H groups in total. The van der Waals surface area contributed by atoms with E-state index in [1.54, 1.807) is 12.1 Å². The van der Waals surface area contributed by atoms with Gasteiger partial charge in [0.1, 0.15) is 5.82 Å². The van der Waals surface area contributed by atoms with Gasteiger partial charge in [-0.3, -0.25) is 4.79 Å². The fourth-order valence-corrected chi connectivity index (χ4v) is 4.07. The van der Waals surface area contributed by atoms with E-state index in [9.17, 15) is 14.3 Å². The van der Waals surface area contributed by atoms with Crippen LogP contribution in [0.15, 0.2) is 42.5 Å². The fourth-order valence-electron chi connectivity index (χ4n) is 4.07. The first kappa shape index (κ1) is 18.6. The molecule has 0 fully saturated rings. The fraction of sp³-hybridized carbons (Fsp3) is 0.435. The number of aliphatic carboxylic acids is 1. The average Bonchev–Trinajstić information content (AvgIpc) is 2.56. The lowest BCUT2D eigenvalue weighted by molar-refractivity contribution is -0.138. The predicted molar refractivity (Wildman–Crippen MR) is 102 cm³/mol. The maximum Gasteiger partial charge on any atom is 0.311 e. The minimum atomic E-state index is -0.873. The zero-order valence-electron chi connectivity index (χ0n) is 16.0. The summed E-state index contributed by atoms with van der Waals surface area (Å²) in [6, 6.07) is 12.3. The maximum absolute atomic E-state index is 13.5. The Hall–Kier alpha value is -2.16. The number of halogens is 1. The van der Waals surface area contributed by atoms with Crippen LogP contribution in [0.5, 0.6) is 0 Å². The summed E-state index contributed by atoms with van der Waals surface area (Å²) in [5.74, 6) is -1.88. The second-order valence-corrected chi connectivity index (χ2v) is 8.80. The zero-order valence-corrected chi connectivity index (χ0v) is 16.0. The van der Waals surface area contributed by atoms with Gasteiger partial charge in [0.05, 0.1) is 5.92 Å². The van der Waals surface area contributed by atoms with Gasteiger partial charge in [0.2, 0.25) is 0 Å². The molecule has 0 aromatic heterocycles. The van der Waals surface area contributed by atoms with Crippen molar-refractivity contribution in [3.63, 3.8) is 0 Å². The highest BCUT2D eigenvalue weighted by atomic mass is 19.1. The lowest BCUT2D eigenvalue weighted by Crippen LogP contribution is -2.34. The molecule has 0 unspecified atom stereocenters. The van der Waals surface area contributed by atoms with E-state index in [1.807, 2.05) is 6.07 Å². The summed E-state index contributed by atoms with van der Waals surface area (Å²) < 4.78 is 13.5. The van der Waals surface area contributed by atoms with E-state index < -0.39 is 11.9 Å². The van der Waals surface area contributed by atoms with E-state index in [4.69, 9.17) is 0 Å². The number of benzene rings is 2. The van der Waals surface area contributed by atoms with Crippen molar-refractivity contribution < 1.29 is 14.3 Å². The van der Waals surface area contributed by atoms with Crippen LogP contribution in [-0.4, -0.2) is 11.1 Å². The molecule has 0 bridgehead atoms. The average molecular weight is 354 g/mol. The van der Waals surface area contributed by atoms with Crippen molar-refractivity contribution in [1.82, 2.24) is 0 Å². The number of hydrogen-bond donors (Lipinski definition) is 1. The molecule has 138 valence electrons. The highest BCUT2D eigenvalue weighted by Crippen LogP contribution is 2.46. The molecule has 0 radical (unpaired) electrons. The van der Waals surface area contributed by atoms with Crippen molar-refractivity contribution in [1.29, 1.82) is 0 Å². The smallest absolute Gasteiger partial charge is 0.311 e. The summed E-state index contributed by atoms with van der Waals surface area (Å²) in [5.41, 5.74) is 4.19. The number of fused-ring (bicyclic) bond motifs is 1. The molecule has 3 rings (SSSR count). The summed E-state index contributed by atoms with van der Waals surface area (Å²) in [6.07, 6.45) is 2.49. The van der Waals surface area contributed by atoms with Crippen LogP contribution in [0.2, 0.25) is 0 Å². The van der Waals surface area contributed by atoms with Gasteiger partial charge >= 0.3 is 5.97 Å². The van der Waals surface area contributed by atoms with Crippen molar-refractivity contribution >= 4 is 5.97 Å². The topological polar surface area (TPSA) is 37.3 Å². The lowest BCUT2D eigenvalue weighted by atomic mass is 9.62. The van der Waals surface area contributed by atoms with Gasteiger partial charge < -0.3 is 5.11 Å². The number of carboxylic acids is 1. The molecule has 0 heterocycles. The first-order chi connectivity index (χ1) is 12.1. The van der Waals surface area contributed by atoms with Crippen LogP contribution in [-0.2, 0) is 22.0 Å². The van der Waals surface area contributed by atoms with Crippen LogP contribution in [0, 0.1) is 5.82 Å². The predicted octanol–water partition coefficient (Wildman–Crippen LogP) is 5.59. The van der Waals surface area contributed by atoms with Gasteiger partial charge in [0, 0.05) is 0 Å². The first-order valence-electron chi connectivity index (χ1n) is 9.22. The zero-order chi connectivity index (χ0) is 19.1. The standard InChI is InChI=1S/C23H27FO2/c1-22(2)10-11-23(3,4)20-14-16(8-9-19(20)22)18(21(25)26)13-15-6-5-7-17(24)12-15/h5-9,12,14,18H,10-11,13H2,1-4H3,(H,25,26)/t18-/m0/s1. The minimum absolute atomic E-state index is 0.0305. The monoisotopic (exact) mass is 354 g/mol. The van der Waals surface area contributed by atoms with Crippen LogP contribution in [0.3, 0.4) is 0 Å². The van der Waals surface area contributed by atoms with Crippen molar-refractivity contribution in [3.05, 3.63) is 70.5 Å². The third-order valence-corrected chi connectivity index (χ3v) is 5.91. The molecule has 2 nitrogen and oxygen atoms in total. The molecule has 26 heavy (non-hydrogen) atoms. The molecule has 0 saturated carbocycles. The van der Waals surface area contributed by atoms with Crippen LogP contribution in [0.25, 0.3) is 0 Å². The van der Waals surface area contributed by atoms with Gasteiger partial charge in [0.25, 0.3) is 0 Å². The Morgan fingerprint density at radius 2 is 1.69 bits per heavy atom. The second kappa shape index (κ2) is 6.53. The third-order valence-electron chi connectivity index (χ3n) is 5.91. The molecule has 0 amide bonds. The van der Waals surface area contributed by atoms with Crippen LogP contribution >= 0.6 is 0 Å². The SMILES string of the molecule is CC1(C)CCC(C)(C)c2cc([C@H](Cc3cccc(F)c3)C(=O)O)ccc21. The van der Waals surface area contributed by atoms with E-state index in [1.165, 1.54) is 23.3 Å². The molecule has 2 aromatic carbocycles. The molecule has 0 aliphatic heterocycles. The van der Waals surface area contributed by atoms with Gasteiger partial charge in [-0.2, -0.15) is 0 Å². The van der Waals surface area contributed by atoms with Crippen molar-refractivity contribution in [2.45, 2.75) is 63.7 Å². The number of carboxylic acid groups (broad SMARTS) is 1. The molecular weight excluding hydrogens is 327 g/mol. The van der Waals surface area contributed by atoms with Gasteiger partial charge in [-0.1, -0.05) is 58.0 Å². The Bertz CT molecular complexity index is 836. The highest BCUT2D eigenvalue weighted by Gasteiger charge is 2.37. The van der Waals surface area contributed by atoms with Crippen molar-refractivity contribution in [2.75, 3.05) is 0 Å². The first-order valence-corrected chi connectivity index (χ1v) is 9.22. The van der Waals surface area contributed by atoms with Gasteiger partial charge in [-0.25, -0.2) is 4.39 Å². The Kier molecular flexibility index (Phi) is 4.68. The lowest BCUT2D eigenvalue weighted by Gasteiger charge is -2.42. The molecule has 1 atom stereocenters. The molecule has 2 aromatic rings. The third kappa shape index (κ3) is 3.53. The van der Waals surface area contributed by atoms with E-state index in [0.29, 0.717) is 5.56 Å². The highest BCUT2D eigenvalue weighted by molar-refractivity contribution is 5.77. The molecule has 1 aliphatic rings.